The van der Waals surface area contributed by atoms with Crippen LogP contribution >= 0.6 is 11.3 Å². The van der Waals surface area contributed by atoms with Crippen LogP contribution in [0.4, 0.5) is 0 Å². The molecule has 1 aromatic heterocycles. The second-order valence-electron chi connectivity index (χ2n) is 5.36. The van der Waals surface area contributed by atoms with Crippen molar-refractivity contribution in [3.05, 3.63) is 16.6 Å². The normalized spacial score (nSPS) is 32.6. The van der Waals surface area contributed by atoms with E-state index in [1.165, 1.54) is 25.0 Å². The lowest BCUT2D eigenvalue weighted by Gasteiger charge is -2.35. The van der Waals surface area contributed by atoms with Gasteiger partial charge >= 0.3 is 0 Å². The molecule has 1 N–H and O–H groups in total. The van der Waals surface area contributed by atoms with Crippen molar-refractivity contribution in [3.8, 4) is 0 Å². The molecule has 1 fully saturated rings. The monoisotopic (exact) mass is 238 g/mol. The summed E-state index contributed by atoms with van der Waals surface area (Å²) < 4.78 is 0. The summed E-state index contributed by atoms with van der Waals surface area (Å²) in [6.07, 6.45) is 4.07. The lowest BCUT2D eigenvalue weighted by Crippen LogP contribution is -2.31. The van der Waals surface area contributed by atoms with Crippen LogP contribution in [-0.4, -0.2) is 12.0 Å². The van der Waals surface area contributed by atoms with Crippen molar-refractivity contribution in [1.29, 1.82) is 0 Å². The number of nitrogens with one attached hydrogen (secondary N) is 1. The highest BCUT2D eigenvalue weighted by Gasteiger charge is 2.30. The van der Waals surface area contributed by atoms with Gasteiger partial charge in [-0.2, -0.15) is 0 Å². The Hall–Kier alpha value is -0.410. The van der Waals surface area contributed by atoms with Gasteiger partial charge in [-0.3, -0.25) is 0 Å². The van der Waals surface area contributed by atoms with Crippen LogP contribution in [0.1, 0.15) is 44.8 Å². The maximum Gasteiger partial charge on any atom is 0.0795 e. The Bertz CT molecular complexity index is 300. The summed E-state index contributed by atoms with van der Waals surface area (Å²) in [4.78, 5) is 4.47. The van der Waals surface area contributed by atoms with E-state index in [0.717, 1.165) is 17.8 Å². The van der Waals surface area contributed by atoms with Crippen LogP contribution in [0.15, 0.2) is 10.9 Å². The highest BCUT2D eigenvalue weighted by molar-refractivity contribution is 7.07. The number of aromatic nitrogens is 1. The molecule has 1 aliphatic carbocycles. The van der Waals surface area contributed by atoms with Gasteiger partial charge in [0.2, 0.25) is 0 Å². The van der Waals surface area contributed by atoms with E-state index < -0.39 is 0 Å². The predicted octanol–water partition coefficient (Wildman–Crippen LogP) is 3.48. The second kappa shape index (κ2) is 5.28. The summed E-state index contributed by atoms with van der Waals surface area (Å²) >= 11 is 1.70. The maximum atomic E-state index is 4.47. The molecule has 3 heteroatoms. The molecule has 0 amide bonds. The standard InChI is InChI=1S/C13H22N2S/c1-9-4-10(2)6-11(5-9)13(14-3)12-7-16-8-15-12/h7-11,13-14H,4-6H2,1-3H3. The van der Waals surface area contributed by atoms with Crippen molar-refractivity contribution in [2.24, 2.45) is 17.8 Å². The summed E-state index contributed by atoms with van der Waals surface area (Å²) in [5.74, 6) is 2.48. The van der Waals surface area contributed by atoms with Crippen molar-refractivity contribution < 1.29 is 0 Å². The molecule has 0 radical (unpaired) electrons. The lowest BCUT2D eigenvalue weighted by molar-refractivity contribution is 0.179. The van der Waals surface area contributed by atoms with Crippen molar-refractivity contribution >= 4 is 11.3 Å². The maximum absolute atomic E-state index is 4.47. The molecule has 1 heterocycles. The van der Waals surface area contributed by atoms with Crippen LogP contribution in [0.2, 0.25) is 0 Å². The molecule has 2 nitrogen and oxygen atoms in total. The van der Waals surface area contributed by atoms with Gasteiger partial charge < -0.3 is 5.32 Å². The molecule has 2 rings (SSSR count). The molecule has 1 saturated carbocycles. The molecule has 0 aromatic carbocycles. The number of nitrogens with zero attached hydrogens (tertiary/aromatic N) is 1. The number of rotatable bonds is 3. The van der Waals surface area contributed by atoms with E-state index in [-0.39, 0.29) is 0 Å². The third kappa shape index (κ3) is 2.64. The van der Waals surface area contributed by atoms with E-state index in [1.54, 1.807) is 11.3 Å². The van der Waals surface area contributed by atoms with E-state index >= 15 is 0 Å². The van der Waals surface area contributed by atoms with Gasteiger partial charge in [0.15, 0.2) is 0 Å². The van der Waals surface area contributed by atoms with Gasteiger partial charge in [-0.25, -0.2) is 4.98 Å². The first-order valence-corrected chi connectivity index (χ1v) is 7.20. The summed E-state index contributed by atoms with van der Waals surface area (Å²) in [6.45, 7) is 4.77. The Morgan fingerprint density at radius 2 is 2.00 bits per heavy atom. The molecule has 0 saturated heterocycles. The average molecular weight is 238 g/mol. The molecule has 3 atom stereocenters. The molecule has 0 aliphatic heterocycles. The Morgan fingerprint density at radius 3 is 2.50 bits per heavy atom. The zero-order valence-corrected chi connectivity index (χ0v) is 11.3. The number of hydrogen-bond donors (Lipinski definition) is 1. The fourth-order valence-electron chi connectivity index (χ4n) is 3.28. The van der Waals surface area contributed by atoms with Crippen molar-refractivity contribution in [2.75, 3.05) is 7.05 Å². The molecule has 0 spiro atoms. The zero-order valence-electron chi connectivity index (χ0n) is 10.4. The fourth-order valence-corrected chi connectivity index (χ4v) is 3.87. The first kappa shape index (κ1) is 12.1. The molecule has 0 bridgehead atoms. The minimum atomic E-state index is 0.455. The van der Waals surface area contributed by atoms with Crippen molar-refractivity contribution in [1.82, 2.24) is 10.3 Å². The molecule has 90 valence electrons. The van der Waals surface area contributed by atoms with E-state index in [2.05, 4.69) is 36.6 Å². The quantitative estimate of drug-likeness (QED) is 0.872. The number of thiazole rings is 1. The van der Waals surface area contributed by atoms with Crippen LogP contribution in [0, 0.1) is 17.8 Å². The van der Waals surface area contributed by atoms with Gasteiger partial charge in [-0.05, 0) is 44.1 Å². The smallest absolute Gasteiger partial charge is 0.0795 e. The van der Waals surface area contributed by atoms with E-state index in [0.29, 0.717) is 6.04 Å². The third-order valence-electron chi connectivity index (χ3n) is 3.77. The highest BCUT2D eigenvalue weighted by atomic mass is 32.1. The van der Waals surface area contributed by atoms with Crippen LogP contribution in [-0.2, 0) is 0 Å². The van der Waals surface area contributed by atoms with E-state index in [9.17, 15) is 0 Å². The van der Waals surface area contributed by atoms with Crippen LogP contribution in [0.3, 0.4) is 0 Å². The zero-order chi connectivity index (χ0) is 11.5. The van der Waals surface area contributed by atoms with E-state index in [1.807, 2.05) is 5.51 Å². The fraction of sp³-hybridized carbons (Fsp3) is 0.769. The topological polar surface area (TPSA) is 24.9 Å². The number of hydrogen-bond acceptors (Lipinski definition) is 3. The molecule has 3 unspecified atom stereocenters. The first-order chi connectivity index (χ1) is 7.70. The molecular formula is C13H22N2S. The van der Waals surface area contributed by atoms with Gasteiger partial charge in [0.25, 0.3) is 0 Å². The largest absolute Gasteiger partial charge is 0.311 e. The first-order valence-electron chi connectivity index (χ1n) is 6.26. The van der Waals surface area contributed by atoms with Gasteiger partial charge in [0.1, 0.15) is 0 Å². The third-order valence-corrected chi connectivity index (χ3v) is 4.37. The minimum Gasteiger partial charge on any atom is -0.311 e. The lowest BCUT2D eigenvalue weighted by atomic mass is 9.73. The van der Waals surface area contributed by atoms with Gasteiger partial charge in [0, 0.05) is 5.38 Å². The predicted molar refractivity (Wildman–Crippen MR) is 69.6 cm³/mol. The molecule has 1 aromatic rings. The van der Waals surface area contributed by atoms with E-state index in [4.69, 9.17) is 0 Å². The van der Waals surface area contributed by atoms with Crippen LogP contribution < -0.4 is 5.32 Å². The highest BCUT2D eigenvalue weighted by Crippen LogP contribution is 2.39. The average Bonchev–Trinajstić information content (AvgIpc) is 2.70. The van der Waals surface area contributed by atoms with Crippen LogP contribution in [0.5, 0.6) is 0 Å². The summed E-state index contributed by atoms with van der Waals surface area (Å²) in [7, 11) is 2.06. The van der Waals surface area contributed by atoms with Gasteiger partial charge in [0.05, 0.1) is 17.2 Å². The van der Waals surface area contributed by atoms with Crippen molar-refractivity contribution in [3.63, 3.8) is 0 Å². The molecular weight excluding hydrogens is 216 g/mol. The summed E-state index contributed by atoms with van der Waals surface area (Å²) in [5.41, 5.74) is 3.17. The Morgan fingerprint density at radius 1 is 1.31 bits per heavy atom. The summed E-state index contributed by atoms with van der Waals surface area (Å²) in [5, 5.41) is 5.65. The SMILES string of the molecule is CNC(c1cscn1)C1CC(C)CC(C)C1. The minimum absolute atomic E-state index is 0.455. The second-order valence-corrected chi connectivity index (χ2v) is 6.08. The van der Waals surface area contributed by atoms with Crippen LogP contribution in [0.25, 0.3) is 0 Å². The van der Waals surface area contributed by atoms with Gasteiger partial charge in [-0.1, -0.05) is 13.8 Å². The molecule has 16 heavy (non-hydrogen) atoms. The van der Waals surface area contributed by atoms with Crippen molar-refractivity contribution in [2.45, 2.75) is 39.2 Å². The van der Waals surface area contributed by atoms with Gasteiger partial charge in [-0.15, -0.1) is 11.3 Å². The molecule has 1 aliphatic rings. The summed E-state index contributed by atoms with van der Waals surface area (Å²) in [6, 6.07) is 0.455. The Kier molecular flexibility index (Phi) is 3.98. The Balaban J connectivity index is 2.09. The Labute approximate surface area is 102 Å².